The molecule has 1 N–H and O–H groups in total. The summed E-state index contributed by atoms with van der Waals surface area (Å²) in [5.74, 6) is 0.730. The number of hydrogen-bond donors (Lipinski definition) is 1. The third kappa shape index (κ3) is 5.66. The average molecular weight is 495 g/mol. The predicted octanol–water partition coefficient (Wildman–Crippen LogP) is 6.15. The van der Waals surface area contributed by atoms with E-state index in [0.717, 1.165) is 23.2 Å². The summed E-state index contributed by atoms with van der Waals surface area (Å²) in [4.78, 5) is 12.7. The van der Waals surface area contributed by atoms with Gasteiger partial charge in [-0.15, -0.1) is 10.2 Å². The Morgan fingerprint density at radius 1 is 1.03 bits per heavy atom. The van der Waals surface area contributed by atoms with E-state index in [-0.39, 0.29) is 18.3 Å². The van der Waals surface area contributed by atoms with Gasteiger partial charge in [-0.3, -0.25) is 9.36 Å². The average Bonchev–Trinajstić information content (AvgIpc) is 3.26. The van der Waals surface area contributed by atoms with Crippen LogP contribution in [0.1, 0.15) is 39.8 Å². The number of nitrogens with zero attached hydrogens (tertiary/aromatic N) is 3. The SMILES string of the molecule is CCc1ccc(C(=O)NCc2nnc(SCc3ccc(F)cc3)n2-c2cc(Cl)ccc2C)cc1. The Morgan fingerprint density at radius 2 is 1.74 bits per heavy atom. The number of carbonyl (C=O) groups excluding carboxylic acids is 1. The molecular weight excluding hydrogens is 471 g/mol. The van der Waals surface area contributed by atoms with E-state index in [0.29, 0.717) is 27.3 Å². The zero-order valence-electron chi connectivity index (χ0n) is 18.9. The lowest BCUT2D eigenvalue weighted by Crippen LogP contribution is -2.24. The molecule has 0 saturated carbocycles. The van der Waals surface area contributed by atoms with Crippen LogP contribution in [0.4, 0.5) is 4.39 Å². The molecule has 0 aliphatic carbocycles. The third-order valence-electron chi connectivity index (χ3n) is 5.43. The molecule has 8 heteroatoms. The van der Waals surface area contributed by atoms with Crippen molar-refractivity contribution in [1.29, 1.82) is 0 Å². The summed E-state index contributed by atoms with van der Waals surface area (Å²) in [6, 6.07) is 19.6. The number of nitrogens with one attached hydrogen (secondary N) is 1. The van der Waals surface area contributed by atoms with E-state index >= 15 is 0 Å². The lowest BCUT2D eigenvalue weighted by molar-refractivity contribution is 0.0949. The van der Waals surface area contributed by atoms with E-state index in [2.05, 4.69) is 22.4 Å². The summed E-state index contributed by atoms with van der Waals surface area (Å²) >= 11 is 7.77. The second-order valence-corrected chi connectivity index (χ2v) is 9.19. The molecule has 0 saturated heterocycles. The molecule has 0 radical (unpaired) electrons. The van der Waals surface area contributed by atoms with Gasteiger partial charge in [-0.2, -0.15) is 0 Å². The van der Waals surface area contributed by atoms with Crippen LogP contribution in [0.25, 0.3) is 5.69 Å². The van der Waals surface area contributed by atoms with Gasteiger partial charge < -0.3 is 5.32 Å². The molecule has 0 fully saturated rings. The molecule has 1 heterocycles. The Labute approximate surface area is 207 Å². The minimum absolute atomic E-state index is 0.180. The van der Waals surface area contributed by atoms with Crippen molar-refractivity contribution in [3.05, 3.63) is 106 Å². The number of benzene rings is 3. The van der Waals surface area contributed by atoms with Crippen LogP contribution in [0.5, 0.6) is 0 Å². The van der Waals surface area contributed by atoms with Crippen molar-refractivity contribution < 1.29 is 9.18 Å². The molecule has 1 aromatic heterocycles. The Balaban J connectivity index is 1.59. The molecule has 0 aliphatic heterocycles. The van der Waals surface area contributed by atoms with E-state index in [1.807, 2.05) is 54.0 Å². The second-order valence-electron chi connectivity index (χ2n) is 7.81. The predicted molar refractivity (Wildman–Crippen MR) is 134 cm³/mol. The fourth-order valence-corrected chi connectivity index (χ4v) is 4.54. The minimum Gasteiger partial charge on any atom is -0.345 e. The first kappa shape index (κ1) is 24.0. The smallest absolute Gasteiger partial charge is 0.251 e. The lowest BCUT2D eigenvalue weighted by Gasteiger charge is -2.14. The zero-order chi connectivity index (χ0) is 24.1. The summed E-state index contributed by atoms with van der Waals surface area (Å²) in [6.45, 7) is 4.26. The Kier molecular flexibility index (Phi) is 7.65. The van der Waals surface area contributed by atoms with Crippen molar-refractivity contribution in [1.82, 2.24) is 20.1 Å². The van der Waals surface area contributed by atoms with E-state index in [9.17, 15) is 9.18 Å². The first-order valence-electron chi connectivity index (χ1n) is 10.9. The van der Waals surface area contributed by atoms with E-state index < -0.39 is 0 Å². The standard InChI is InChI=1S/C26H24ClFN4OS/c1-3-18-5-9-20(10-6-18)25(33)29-15-24-30-31-26(34-16-19-7-12-22(28)13-8-19)32(24)23-14-21(27)11-4-17(23)2/h4-14H,3,15-16H2,1-2H3,(H,29,33). The van der Waals surface area contributed by atoms with Crippen LogP contribution in [0, 0.1) is 12.7 Å². The van der Waals surface area contributed by atoms with Gasteiger partial charge in [0.05, 0.1) is 12.2 Å². The van der Waals surface area contributed by atoms with Gasteiger partial charge in [0.2, 0.25) is 0 Å². The highest BCUT2D eigenvalue weighted by Crippen LogP contribution is 2.28. The molecule has 1 amide bonds. The second kappa shape index (κ2) is 10.8. The topological polar surface area (TPSA) is 59.8 Å². The highest BCUT2D eigenvalue weighted by Gasteiger charge is 2.18. The van der Waals surface area contributed by atoms with Crippen molar-refractivity contribution in [3.63, 3.8) is 0 Å². The molecule has 0 bridgehead atoms. The summed E-state index contributed by atoms with van der Waals surface area (Å²) in [7, 11) is 0. The number of amides is 1. The number of aromatic nitrogens is 3. The monoisotopic (exact) mass is 494 g/mol. The molecule has 0 unspecified atom stereocenters. The molecule has 34 heavy (non-hydrogen) atoms. The van der Waals surface area contributed by atoms with Gasteiger partial charge >= 0.3 is 0 Å². The molecule has 4 aromatic rings. The summed E-state index contributed by atoms with van der Waals surface area (Å²) < 4.78 is 15.2. The number of rotatable bonds is 8. The minimum atomic E-state index is -0.270. The van der Waals surface area contributed by atoms with Crippen LogP contribution in [-0.2, 0) is 18.7 Å². The van der Waals surface area contributed by atoms with Crippen LogP contribution in [-0.4, -0.2) is 20.7 Å². The van der Waals surface area contributed by atoms with Gasteiger partial charge in [-0.05, 0) is 66.4 Å². The van der Waals surface area contributed by atoms with Gasteiger partial charge in [0.15, 0.2) is 11.0 Å². The summed E-state index contributed by atoms with van der Waals surface area (Å²) in [5.41, 5.74) is 4.57. The maximum atomic E-state index is 13.3. The first-order chi connectivity index (χ1) is 16.4. The van der Waals surface area contributed by atoms with E-state index in [1.54, 1.807) is 12.1 Å². The first-order valence-corrected chi connectivity index (χ1v) is 12.3. The lowest BCUT2D eigenvalue weighted by atomic mass is 10.1. The van der Waals surface area contributed by atoms with Crippen LogP contribution < -0.4 is 5.32 Å². The third-order valence-corrected chi connectivity index (χ3v) is 6.66. The molecule has 5 nitrogen and oxygen atoms in total. The normalized spacial score (nSPS) is 10.9. The number of aryl methyl sites for hydroxylation is 2. The van der Waals surface area contributed by atoms with Gasteiger partial charge in [-0.1, -0.05) is 60.6 Å². The number of hydrogen-bond acceptors (Lipinski definition) is 4. The molecule has 4 rings (SSSR count). The van der Waals surface area contributed by atoms with Crippen molar-refractivity contribution >= 4 is 29.3 Å². The quantitative estimate of drug-likeness (QED) is 0.298. The van der Waals surface area contributed by atoms with Crippen molar-refractivity contribution in [2.75, 3.05) is 0 Å². The largest absolute Gasteiger partial charge is 0.345 e. The molecule has 0 atom stereocenters. The highest BCUT2D eigenvalue weighted by atomic mass is 35.5. The number of thioether (sulfide) groups is 1. The maximum Gasteiger partial charge on any atom is 0.251 e. The van der Waals surface area contributed by atoms with Crippen LogP contribution in [0.15, 0.2) is 71.9 Å². The number of halogens is 2. The van der Waals surface area contributed by atoms with E-state index in [1.165, 1.54) is 29.5 Å². The van der Waals surface area contributed by atoms with Crippen molar-refractivity contribution in [3.8, 4) is 5.69 Å². The zero-order valence-corrected chi connectivity index (χ0v) is 20.5. The Hall–Kier alpha value is -3.16. The van der Waals surface area contributed by atoms with Crippen LogP contribution in [0.3, 0.4) is 0 Å². The molecule has 3 aromatic carbocycles. The van der Waals surface area contributed by atoms with Crippen LogP contribution >= 0.6 is 23.4 Å². The van der Waals surface area contributed by atoms with Gasteiger partial charge in [-0.25, -0.2) is 4.39 Å². The fraction of sp³-hybridized carbons (Fsp3) is 0.192. The summed E-state index contributed by atoms with van der Waals surface area (Å²) in [6.07, 6.45) is 0.919. The van der Waals surface area contributed by atoms with Crippen LogP contribution in [0.2, 0.25) is 5.02 Å². The van der Waals surface area contributed by atoms with E-state index in [4.69, 9.17) is 11.6 Å². The fourth-order valence-electron chi connectivity index (χ4n) is 3.46. The molecule has 0 aliphatic rings. The molecular formula is C26H24ClFN4OS. The van der Waals surface area contributed by atoms with Gasteiger partial charge in [0, 0.05) is 16.3 Å². The Bertz CT molecular complexity index is 1290. The molecule has 174 valence electrons. The number of carbonyl (C=O) groups is 1. The van der Waals surface area contributed by atoms with Crippen molar-refractivity contribution in [2.45, 2.75) is 37.7 Å². The Morgan fingerprint density at radius 3 is 2.44 bits per heavy atom. The van der Waals surface area contributed by atoms with Gasteiger partial charge in [0.25, 0.3) is 5.91 Å². The van der Waals surface area contributed by atoms with Gasteiger partial charge in [0.1, 0.15) is 5.82 Å². The maximum absolute atomic E-state index is 13.3. The molecule has 0 spiro atoms. The van der Waals surface area contributed by atoms with Crippen molar-refractivity contribution in [2.24, 2.45) is 0 Å². The summed E-state index contributed by atoms with van der Waals surface area (Å²) in [5, 5.41) is 12.9. The highest BCUT2D eigenvalue weighted by molar-refractivity contribution is 7.98.